The van der Waals surface area contributed by atoms with E-state index in [0.717, 1.165) is 17.0 Å². The summed E-state index contributed by atoms with van der Waals surface area (Å²) < 4.78 is 0.519. The van der Waals surface area contributed by atoms with Gasteiger partial charge in [0.1, 0.15) is 5.41 Å². The summed E-state index contributed by atoms with van der Waals surface area (Å²) in [7, 11) is 0. The van der Waals surface area contributed by atoms with Gasteiger partial charge in [-0.05, 0) is 23.8 Å². The Morgan fingerprint density at radius 2 is 2.09 bits per heavy atom. The lowest BCUT2D eigenvalue weighted by Crippen LogP contribution is -2.48. The van der Waals surface area contributed by atoms with Gasteiger partial charge in [-0.1, -0.05) is 29.8 Å². The van der Waals surface area contributed by atoms with Crippen molar-refractivity contribution in [1.29, 1.82) is 0 Å². The number of hydrogen-bond acceptors (Lipinski definition) is 4. The molecule has 0 aliphatic carbocycles. The van der Waals surface area contributed by atoms with E-state index in [2.05, 4.69) is 10.6 Å². The fourth-order valence-corrected chi connectivity index (χ4v) is 3.53. The number of para-hydroxylation sites is 1. The maximum Gasteiger partial charge on any atom is 0.317 e. The Labute approximate surface area is 135 Å². The highest BCUT2D eigenvalue weighted by Gasteiger charge is 2.46. The van der Waals surface area contributed by atoms with Gasteiger partial charge in [-0.15, -0.1) is 11.3 Å². The highest BCUT2D eigenvalue weighted by Crippen LogP contribution is 2.36. The van der Waals surface area contributed by atoms with E-state index < -0.39 is 11.4 Å². The number of anilines is 1. The van der Waals surface area contributed by atoms with Gasteiger partial charge in [-0.25, -0.2) is 0 Å². The normalized spacial score (nSPS) is 19.3. The Bertz CT molecular complexity index is 746. The quantitative estimate of drug-likeness (QED) is 0.802. The van der Waals surface area contributed by atoms with Gasteiger partial charge in [0.2, 0.25) is 0 Å². The molecule has 0 saturated carbocycles. The summed E-state index contributed by atoms with van der Waals surface area (Å²) in [6, 6.07) is 10.5. The molecule has 0 radical (unpaired) electrons. The summed E-state index contributed by atoms with van der Waals surface area (Å²) in [6.07, 6.45) is 0. The number of rotatable bonds is 4. The second kappa shape index (κ2) is 5.62. The van der Waals surface area contributed by atoms with Crippen LogP contribution in [0.4, 0.5) is 5.69 Å². The third-order valence-electron chi connectivity index (χ3n) is 3.78. The Balaban J connectivity index is 1.82. The SMILES string of the molecule is O=C(NC[C@@]1(C(=O)O)CNc2ccccc21)c1ccc(Cl)s1. The van der Waals surface area contributed by atoms with Crippen LogP contribution in [0.2, 0.25) is 4.34 Å². The zero-order chi connectivity index (χ0) is 15.7. The van der Waals surface area contributed by atoms with E-state index in [1.165, 1.54) is 0 Å². The van der Waals surface area contributed by atoms with Gasteiger partial charge < -0.3 is 15.7 Å². The molecule has 1 aromatic heterocycles. The van der Waals surface area contributed by atoms with Crippen molar-refractivity contribution in [1.82, 2.24) is 5.32 Å². The van der Waals surface area contributed by atoms with E-state index in [-0.39, 0.29) is 19.0 Å². The molecule has 1 aliphatic heterocycles. The van der Waals surface area contributed by atoms with E-state index >= 15 is 0 Å². The molecule has 1 aromatic carbocycles. The molecular weight excluding hydrogens is 324 g/mol. The van der Waals surface area contributed by atoms with Crippen LogP contribution in [0.3, 0.4) is 0 Å². The summed E-state index contributed by atoms with van der Waals surface area (Å²) in [5, 5.41) is 15.5. The zero-order valence-corrected chi connectivity index (χ0v) is 13.0. The highest BCUT2D eigenvalue weighted by atomic mass is 35.5. The van der Waals surface area contributed by atoms with Crippen molar-refractivity contribution in [2.45, 2.75) is 5.41 Å². The van der Waals surface area contributed by atoms with Gasteiger partial charge in [-0.2, -0.15) is 0 Å². The number of fused-ring (bicyclic) bond motifs is 1. The van der Waals surface area contributed by atoms with Crippen LogP contribution in [-0.2, 0) is 10.2 Å². The number of aliphatic carboxylic acids is 1. The molecule has 114 valence electrons. The molecule has 0 bridgehead atoms. The number of thiophene rings is 1. The second-order valence-electron chi connectivity index (χ2n) is 5.07. The number of carbonyl (C=O) groups is 2. The standard InChI is InChI=1S/C15H13ClN2O3S/c16-12-6-5-11(22-12)13(19)18-8-15(14(20)21)7-17-10-4-2-1-3-9(10)15/h1-6,17H,7-8H2,(H,18,19)(H,20,21)/t15-/m0/s1. The number of hydrogen-bond donors (Lipinski definition) is 3. The van der Waals surface area contributed by atoms with Crippen molar-refractivity contribution in [3.63, 3.8) is 0 Å². The third-order valence-corrected chi connectivity index (χ3v) is 5.01. The number of nitrogens with one attached hydrogen (secondary N) is 2. The zero-order valence-electron chi connectivity index (χ0n) is 11.4. The number of carboxylic acids is 1. The minimum Gasteiger partial charge on any atom is -0.480 e. The molecule has 3 rings (SSSR count). The third kappa shape index (κ3) is 2.44. The van der Waals surface area contributed by atoms with Crippen LogP contribution in [0, 0.1) is 0 Å². The van der Waals surface area contributed by atoms with Crippen molar-refractivity contribution in [2.75, 3.05) is 18.4 Å². The van der Waals surface area contributed by atoms with Crippen LogP contribution in [0.1, 0.15) is 15.2 Å². The molecular formula is C15H13ClN2O3S. The first kappa shape index (κ1) is 14.9. The summed E-state index contributed by atoms with van der Waals surface area (Å²) in [4.78, 5) is 24.4. The van der Waals surface area contributed by atoms with Gasteiger partial charge >= 0.3 is 5.97 Å². The fraction of sp³-hybridized carbons (Fsp3) is 0.200. The average molecular weight is 337 g/mol. The highest BCUT2D eigenvalue weighted by molar-refractivity contribution is 7.17. The van der Waals surface area contributed by atoms with Crippen molar-refractivity contribution < 1.29 is 14.7 Å². The van der Waals surface area contributed by atoms with Crippen LogP contribution >= 0.6 is 22.9 Å². The molecule has 3 N–H and O–H groups in total. The summed E-state index contributed by atoms with van der Waals surface area (Å²) in [5.74, 6) is -1.28. The van der Waals surface area contributed by atoms with Gasteiger partial charge in [0.05, 0.1) is 9.21 Å². The molecule has 0 saturated heterocycles. The summed E-state index contributed by atoms with van der Waals surface area (Å²) >= 11 is 6.97. The van der Waals surface area contributed by atoms with Gasteiger partial charge in [0, 0.05) is 18.8 Å². The van der Waals surface area contributed by atoms with E-state index in [1.54, 1.807) is 24.3 Å². The lowest BCUT2D eigenvalue weighted by atomic mass is 9.82. The van der Waals surface area contributed by atoms with Crippen molar-refractivity contribution in [3.05, 3.63) is 51.2 Å². The first-order valence-electron chi connectivity index (χ1n) is 6.63. The van der Waals surface area contributed by atoms with Gasteiger partial charge in [0.15, 0.2) is 0 Å². The van der Waals surface area contributed by atoms with E-state index in [1.807, 2.05) is 12.1 Å². The number of carbonyl (C=O) groups excluding carboxylic acids is 1. The minimum absolute atomic E-state index is 0.0146. The number of carboxylic acid groups (broad SMARTS) is 1. The van der Waals surface area contributed by atoms with Crippen molar-refractivity contribution in [2.24, 2.45) is 0 Å². The van der Waals surface area contributed by atoms with Gasteiger partial charge in [-0.3, -0.25) is 9.59 Å². The monoisotopic (exact) mass is 336 g/mol. The van der Waals surface area contributed by atoms with Crippen LogP contribution in [0.15, 0.2) is 36.4 Å². The van der Waals surface area contributed by atoms with Crippen LogP contribution in [-0.4, -0.2) is 30.1 Å². The molecule has 5 nitrogen and oxygen atoms in total. The Morgan fingerprint density at radius 1 is 1.32 bits per heavy atom. The van der Waals surface area contributed by atoms with E-state index in [9.17, 15) is 14.7 Å². The Kier molecular flexibility index (Phi) is 3.80. The molecule has 0 fully saturated rings. The first-order chi connectivity index (χ1) is 10.5. The fourth-order valence-electron chi connectivity index (χ4n) is 2.57. The summed E-state index contributed by atoms with van der Waals surface area (Å²) in [6.45, 7) is 0.258. The maximum atomic E-state index is 12.1. The van der Waals surface area contributed by atoms with Crippen molar-refractivity contribution in [3.8, 4) is 0 Å². The number of benzene rings is 1. The topological polar surface area (TPSA) is 78.4 Å². The maximum absolute atomic E-state index is 12.1. The minimum atomic E-state index is -1.16. The smallest absolute Gasteiger partial charge is 0.317 e. The average Bonchev–Trinajstić information content (AvgIpc) is 3.10. The lowest BCUT2D eigenvalue weighted by Gasteiger charge is -2.24. The molecule has 0 spiro atoms. The Morgan fingerprint density at radius 3 is 2.77 bits per heavy atom. The molecule has 1 atom stereocenters. The van der Waals surface area contributed by atoms with Crippen LogP contribution in [0.5, 0.6) is 0 Å². The van der Waals surface area contributed by atoms with Crippen LogP contribution < -0.4 is 10.6 Å². The predicted molar refractivity (Wildman–Crippen MR) is 85.9 cm³/mol. The molecule has 2 aromatic rings. The summed E-state index contributed by atoms with van der Waals surface area (Å²) in [5.41, 5.74) is 0.318. The van der Waals surface area contributed by atoms with Crippen molar-refractivity contribution >= 4 is 40.5 Å². The Hall–Kier alpha value is -2.05. The van der Waals surface area contributed by atoms with Gasteiger partial charge in [0.25, 0.3) is 5.91 Å². The molecule has 0 unspecified atom stereocenters. The first-order valence-corrected chi connectivity index (χ1v) is 7.83. The molecule has 1 aliphatic rings. The van der Waals surface area contributed by atoms with E-state index in [4.69, 9.17) is 11.6 Å². The molecule has 7 heteroatoms. The number of halogens is 1. The van der Waals surface area contributed by atoms with E-state index in [0.29, 0.717) is 14.8 Å². The second-order valence-corrected chi connectivity index (χ2v) is 6.79. The molecule has 2 heterocycles. The largest absolute Gasteiger partial charge is 0.480 e. The van der Waals surface area contributed by atoms with Crippen LogP contribution in [0.25, 0.3) is 0 Å². The molecule has 1 amide bonds. The molecule has 22 heavy (non-hydrogen) atoms. The lowest BCUT2D eigenvalue weighted by molar-refractivity contribution is -0.142. The number of amides is 1. The predicted octanol–water partition coefficient (Wildman–Crippen LogP) is 2.58.